The standard InChI is InChI=1S/C18H21FN4O3/c1-22-14-9-23(10-15(14)26-7-6-17(22)24)18(25)5-4-16-20-12-3-2-11(19)8-13(12)21-16/h2-3,8,14-15H,4-7,9-10H2,1H3,(H,20,21)/t14-,15-/m0/s1. The first kappa shape index (κ1) is 17.0. The molecule has 7 nitrogen and oxygen atoms in total. The maximum absolute atomic E-state index is 13.2. The topological polar surface area (TPSA) is 78.5 Å². The van der Waals surface area contributed by atoms with Crippen LogP contribution < -0.4 is 0 Å². The van der Waals surface area contributed by atoms with E-state index in [9.17, 15) is 14.0 Å². The summed E-state index contributed by atoms with van der Waals surface area (Å²) < 4.78 is 19.0. The number of carbonyl (C=O) groups excluding carboxylic acids is 2. The van der Waals surface area contributed by atoms with Gasteiger partial charge in [-0.25, -0.2) is 9.37 Å². The van der Waals surface area contributed by atoms with Crippen molar-refractivity contribution in [3.05, 3.63) is 29.8 Å². The number of ether oxygens (including phenoxy) is 1. The monoisotopic (exact) mass is 360 g/mol. The third-order valence-electron chi connectivity index (χ3n) is 5.20. The van der Waals surface area contributed by atoms with Crippen LogP contribution in [0.1, 0.15) is 18.7 Å². The molecule has 2 aliphatic heterocycles. The molecule has 1 aromatic heterocycles. The van der Waals surface area contributed by atoms with Gasteiger partial charge in [0.05, 0.1) is 36.2 Å². The second kappa shape index (κ2) is 6.68. The van der Waals surface area contributed by atoms with Gasteiger partial charge < -0.3 is 19.5 Å². The highest BCUT2D eigenvalue weighted by atomic mass is 19.1. The van der Waals surface area contributed by atoms with Crippen LogP contribution in [0.4, 0.5) is 4.39 Å². The third-order valence-corrected chi connectivity index (χ3v) is 5.20. The number of hydrogen-bond acceptors (Lipinski definition) is 4. The van der Waals surface area contributed by atoms with Gasteiger partial charge in [-0.2, -0.15) is 0 Å². The number of aromatic amines is 1. The molecule has 2 aromatic rings. The molecule has 0 radical (unpaired) electrons. The molecule has 0 aliphatic carbocycles. The van der Waals surface area contributed by atoms with Crippen LogP contribution in [-0.4, -0.2) is 70.5 Å². The highest BCUT2D eigenvalue weighted by Gasteiger charge is 2.41. The summed E-state index contributed by atoms with van der Waals surface area (Å²) in [5, 5.41) is 0. The van der Waals surface area contributed by atoms with Gasteiger partial charge in [0, 0.05) is 33.0 Å². The summed E-state index contributed by atoms with van der Waals surface area (Å²) in [7, 11) is 1.77. The number of nitrogens with one attached hydrogen (secondary N) is 1. The largest absolute Gasteiger partial charge is 0.374 e. The first-order valence-corrected chi connectivity index (χ1v) is 8.80. The smallest absolute Gasteiger partial charge is 0.225 e. The van der Waals surface area contributed by atoms with Crippen LogP contribution in [0.5, 0.6) is 0 Å². The van der Waals surface area contributed by atoms with Crippen molar-refractivity contribution in [3.8, 4) is 0 Å². The van der Waals surface area contributed by atoms with Crippen LogP contribution in [0, 0.1) is 5.82 Å². The minimum atomic E-state index is -0.321. The summed E-state index contributed by atoms with van der Waals surface area (Å²) in [6.07, 6.45) is 1.03. The van der Waals surface area contributed by atoms with E-state index in [0.717, 1.165) is 0 Å². The van der Waals surface area contributed by atoms with Crippen molar-refractivity contribution < 1.29 is 18.7 Å². The molecule has 0 unspecified atom stereocenters. The van der Waals surface area contributed by atoms with Gasteiger partial charge in [-0.1, -0.05) is 0 Å². The molecule has 4 rings (SSSR count). The molecule has 3 heterocycles. The van der Waals surface area contributed by atoms with Crippen molar-refractivity contribution in [1.82, 2.24) is 19.8 Å². The number of likely N-dealkylation sites (tertiary alicyclic amines) is 1. The number of likely N-dealkylation sites (N-methyl/N-ethyl adjacent to an activating group) is 1. The second-order valence-corrected chi connectivity index (χ2v) is 6.87. The minimum Gasteiger partial charge on any atom is -0.374 e. The van der Waals surface area contributed by atoms with Crippen LogP contribution in [0.15, 0.2) is 18.2 Å². The van der Waals surface area contributed by atoms with Gasteiger partial charge >= 0.3 is 0 Å². The Morgan fingerprint density at radius 1 is 1.42 bits per heavy atom. The molecule has 26 heavy (non-hydrogen) atoms. The van der Waals surface area contributed by atoms with Gasteiger partial charge in [-0.3, -0.25) is 9.59 Å². The Morgan fingerprint density at radius 2 is 2.27 bits per heavy atom. The summed E-state index contributed by atoms with van der Waals surface area (Å²) in [6, 6.07) is 4.30. The normalized spacial score (nSPS) is 23.4. The summed E-state index contributed by atoms with van der Waals surface area (Å²) in [5.41, 5.74) is 1.32. The maximum atomic E-state index is 13.2. The van der Waals surface area contributed by atoms with Crippen molar-refractivity contribution in [2.45, 2.75) is 31.4 Å². The van der Waals surface area contributed by atoms with Crippen LogP contribution in [0.25, 0.3) is 11.0 Å². The van der Waals surface area contributed by atoms with Crippen molar-refractivity contribution in [1.29, 1.82) is 0 Å². The fourth-order valence-corrected chi connectivity index (χ4v) is 3.69. The predicted molar refractivity (Wildman–Crippen MR) is 91.9 cm³/mol. The number of aromatic nitrogens is 2. The van der Waals surface area contributed by atoms with Crippen LogP contribution in [-0.2, 0) is 20.7 Å². The lowest BCUT2D eigenvalue weighted by atomic mass is 10.2. The fourth-order valence-electron chi connectivity index (χ4n) is 3.69. The molecule has 2 saturated heterocycles. The quantitative estimate of drug-likeness (QED) is 0.889. The molecule has 2 fully saturated rings. The number of halogens is 1. The molecule has 2 atom stereocenters. The van der Waals surface area contributed by atoms with Gasteiger partial charge in [-0.15, -0.1) is 0 Å². The van der Waals surface area contributed by atoms with E-state index >= 15 is 0 Å². The number of rotatable bonds is 3. The van der Waals surface area contributed by atoms with E-state index in [1.165, 1.54) is 12.1 Å². The van der Waals surface area contributed by atoms with Gasteiger partial charge in [-0.05, 0) is 18.2 Å². The Kier molecular flexibility index (Phi) is 4.36. The number of aryl methyl sites for hydroxylation is 1. The van der Waals surface area contributed by atoms with E-state index in [1.807, 2.05) is 0 Å². The lowest BCUT2D eigenvalue weighted by Crippen LogP contribution is -2.43. The van der Waals surface area contributed by atoms with E-state index in [0.29, 0.717) is 55.8 Å². The summed E-state index contributed by atoms with van der Waals surface area (Å²) >= 11 is 0. The number of fused-ring (bicyclic) bond motifs is 2. The molecule has 2 amide bonds. The highest BCUT2D eigenvalue weighted by Crippen LogP contribution is 2.23. The Morgan fingerprint density at radius 3 is 3.12 bits per heavy atom. The number of imidazole rings is 1. The fraction of sp³-hybridized carbons (Fsp3) is 0.500. The number of hydrogen-bond donors (Lipinski definition) is 1. The molecular formula is C18H21FN4O3. The zero-order valence-corrected chi connectivity index (χ0v) is 14.6. The molecule has 2 aliphatic rings. The van der Waals surface area contributed by atoms with Crippen molar-refractivity contribution in [3.63, 3.8) is 0 Å². The Labute approximate surface area is 150 Å². The average molecular weight is 360 g/mol. The molecule has 138 valence electrons. The summed E-state index contributed by atoms with van der Waals surface area (Å²) in [6.45, 7) is 1.41. The molecule has 0 spiro atoms. The van der Waals surface area contributed by atoms with Gasteiger partial charge in [0.25, 0.3) is 0 Å². The highest BCUT2D eigenvalue weighted by molar-refractivity contribution is 5.79. The molecule has 1 N–H and O–H groups in total. The zero-order valence-electron chi connectivity index (χ0n) is 14.6. The maximum Gasteiger partial charge on any atom is 0.225 e. The number of nitrogens with zero attached hydrogens (tertiary/aromatic N) is 3. The van der Waals surface area contributed by atoms with Crippen molar-refractivity contribution in [2.75, 3.05) is 26.7 Å². The third kappa shape index (κ3) is 3.16. The number of benzene rings is 1. The van der Waals surface area contributed by atoms with Gasteiger partial charge in [0.15, 0.2) is 0 Å². The second-order valence-electron chi connectivity index (χ2n) is 6.87. The molecular weight excluding hydrogens is 339 g/mol. The Hall–Kier alpha value is -2.48. The van der Waals surface area contributed by atoms with E-state index < -0.39 is 0 Å². The zero-order chi connectivity index (χ0) is 18.3. The Balaban J connectivity index is 1.38. The van der Waals surface area contributed by atoms with Gasteiger partial charge in [0.1, 0.15) is 11.6 Å². The summed E-state index contributed by atoms with van der Waals surface area (Å²) in [4.78, 5) is 35.4. The first-order valence-electron chi connectivity index (χ1n) is 8.80. The lowest BCUT2D eigenvalue weighted by Gasteiger charge is -2.25. The minimum absolute atomic E-state index is 0.00848. The average Bonchev–Trinajstić information content (AvgIpc) is 3.19. The van der Waals surface area contributed by atoms with E-state index in [-0.39, 0.29) is 29.8 Å². The lowest BCUT2D eigenvalue weighted by molar-refractivity contribution is -0.133. The molecule has 0 bridgehead atoms. The number of carbonyl (C=O) groups is 2. The van der Waals surface area contributed by atoms with Crippen LogP contribution in [0.2, 0.25) is 0 Å². The molecule has 8 heteroatoms. The van der Waals surface area contributed by atoms with Crippen molar-refractivity contribution >= 4 is 22.8 Å². The van der Waals surface area contributed by atoms with Crippen LogP contribution >= 0.6 is 0 Å². The molecule has 0 saturated carbocycles. The summed E-state index contributed by atoms with van der Waals surface area (Å²) in [5.74, 6) is 0.407. The van der Waals surface area contributed by atoms with Crippen molar-refractivity contribution in [2.24, 2.45) is 0 Å². The first-order chi connectivity index (χ1) is 12.5. The van der Waals surface area contributed by atoms with E-state index in [4.69, 9.17) is 4.74 Å². The van der Waals surface area contributed by atoms with Crippen LogP contribution in [0.3, 0.4) is 0 Å². The predicted octanol–water partition coefficient (Wildman–Crippen LogP) is 1.09. The number of amides is 2. The van der Waals surface area contributed by atoms with Gasteiger partial charge in [0.2, 0.25) is 11.8 Å². The van der Waals surface area contributed by atoms with E-state index in [1.54, 1.807) is 22.9 Å². The van der Waals surface area contributed by atoms with E-state index in [2.05, 4.69) is 9.97 Å². The number of H-pyrrole nitrogens is 1. The SMILES string of the molecule is CN1C(=O)CCO[C@H]2CN(C(=O)CCc3nc4ccc(F)cc4[nH]3)C[C@@H]21. The Bertz CT molecular complexity index is 852. The molecule has 1 aromatic carbocycles.